The zero-order valence-electron chi connectivity index (χ0n) is 14.8. The normalized spacial score (nSPS) is 12.0. The molecule has 6 nitrogen and oxygen atoms in total. The quantitative estimate of drug-likeness (QED) is 0.698. The molecular formula is C19H19N3O3S. The highest BCUT2D eigenvalue weighted by molar-refractivity contribution is 7.10. The van der Waals surface area contributed by atoms with Crippen LogP contribution in [0.2, 0.25) is 0 Å². The molecule has 1 atom stereocenters. The van der Waals surface area contributed by atoms with Crippen LogP contribution in [-0.4, -0.2) is 29.0 Å². The van der Waals surface area contributed by atoms with Crippen LogP contribution in [0, 0.1) is 13.8 Å². The van der Waals surface area contributed by atoms with Crippen LogP contribution in [0.25, 0.3) is 11.0 Å². The molecule has 1 amide bonds. The molecule has 1 unspecified atom stereocenters. The molecule has 0 saturated heterocycles. The number of esters is 1. The lowest BCUT2D eigenvalue weighted by molar-refractivity contribution is -0.141. The minimum absolute atomic E-state index is 0.0778. The number of nitrogens with one attached hydrogen (secondary N) is 1. The molecule has 0 fully saturated rings. The van der Waals surface area contributed by atoms with E-state index in [0.717, 1.165) is 21.8 Å². The maximum Gasteiger partial charge on any atom is 0.307 e. The predicted octanol–water partition coefficient (Wildman–Crippen LogP) is 3.34. The molecule has 2 aromatic heterocycles. The van der Waals surface area contributed by atoms with Crippen LogP contribution < -0.4 is 5.32 Å². The average Bonchev–Trinajstić information content (AvgIpc) is 3.16. The standard InChI is InChI=1S/C19H19N3O3S/c1-11-12(2)21-15-9-13(6-7-14(15)20-11)19(24)22-16(10-18(23)25-3)17-5-4-8-26-17/h4-9,16H,10H2,1-3H3,(H,22,24). The van der Waals surface area contributed by atoms with Gasteiger partial charge in [-0.2, -0.15) is 0 Å². The van der Waals surface area contributed by atoms with Crippen LogP contribution in [0.5, 0.6) is 0 Å². The third-order valence-corrected chi connectivity index (χ3v) is 5.11. The van der Waals surface area contributed by atoms with Crippen LogP contribution in [0.15, 0.2) is 35.7 Å². The maximum absolute atomic E-state index is 12.7. The van der Waals surface area contributed by atoms with E-state index in [9.17, 15) is 9.59 Å². The number of rotatable bonds is 5. The van der Waals surface area contributed by atoms with E-state index in [1.165, 1.54) is 18.4 Å². The number of carbonyl (C=O) groups excluding carboxylic acids is 2. The molecule has 2 heterocycles. The Hall–Kier alpha value is -2.80. The Labute approximate surface area is 155 Å². The van der Waals surface area contributed by atoms with E-state index in [0.29, 0.717) is 11.1 Å². The van der Waals surface area contributed by atoms with E-state index < -0.39 is 6.04 Å². The molecule has 26 heavy (non-hydrogen) atoms. The molecule has 0 aliphatic carbocycles. The number of amides is 1. The van der Waals surface area contributed by atoms with Crippen LogP contribution in [-0.2, 0) is 9.53 Å². The fraction of sp³-hybridized carbons (Fsp3) is 0.263. The van der Waals surface area contributed by atoms with Gasteiger partial charge in [0.25, 0.3) is 5.91 Å². The van der Waals surface area contributed by atoms with E-state index in [1.807, 2.05) is 31.4 Å². The summed E-state index contributed by atoms with van der Waals surface area (Å²) in [5, 5.41) is 4.82. The largest absolute Gasteiger partial charge is 0.469 e. The Morgan fingerprint density at radius 3 is 2.54 bits per heavy atom. The highest BCUT2D eigenvalue weighted by Gasteiger charge is 2.21. The van der Waals surface area contributed by atoms with Crippen LogP contribution in [0.3, 0.4) is 0 Å². The van der Waals surface area contributed by atoms with E-state index in [1.54, 1.807) is 18.2 Å². The first-order valence-corrected chi connectivity index (χ1v) is 9.02. The van der Waals surface area contributed by atoms with Gasteiger partial charge in [-0.25, -0.2) is 9.97 Å². The van der Waals surface area contributed by atoms with Crippen molar-refractivity contribution < 1.29 is 14.3 Å². The lowest BCUT2D eigenvalue weighted by Crippen LogP contribution is -2.30. The average molecular weight is 369 g/mol. The van der Waals surface area contributed by atoms with E-state index in [4.69, 9.17) is 4.74 Å². The lowest BCUT2D eigenvalue weighted by Gasteiger charge is -2.16. The van der Waals surface area contributed by atoms with Crippen molar-refractivity contribution in [3.05, 3.63) is 57.5 Å². The van der Waals surface area contributed by atoms with Crippen molar-refractivity contribution in [2.75, 3.05) is 7.11 Å². The second-order valence-corrected chi connectivity index (χ2v) is 6.90. The van der Waals surface area contributed by atoms with Gasteiger partial charge in [0.2, 0.25) is 0 Å². The molecule has 1 aromatic carbocycles. The smallest absolute Gasteiger partial charge is 0.307 e. The van der Waals surface area contributed by atoms with Crippen LogP contribution in [0.4, 0.5) is 0 Å². The zero-order valence-corrected chi connectivity index (χ0v) is 15.6. The summed E-state index contributed by atoms with van der Waals surface area (Å²) in [5.74, 6) is -0.645. The number of carbonyl (C=O) groups is 2. The molecule has 0 saturated carbocycles. The second kappa shape index (κ2) is 7.61. The Balaban J connectivity index is 1.86. The molecule has 0 spiro atoms. The molecule has 0 bridgehead atoms. The van der Waals surface area contributed by atoms with Crippen molar-refractivity contribution in [3.8, 4) is 0 Å². The third-order valence-electron chi connectivity index (χ3n) is 4.13. The maximum atomic E-state index is 12.7. The monoisotopic (exact) mass is 369 g/mol. The summed E-state index contributed by atoms with van der Waals surface area (Å²) in [6, 6.07) is 8.54. The van der Waals surface area contributed by atoms with Gasteiger partial charge in [0.1, 0.15) is 0 Å². The SMILES string of the molecule is COC(=O)CC(NC(=O)c1ccc2nc(C)c(C)nc2c1)c1cccs1. The Kier molecular flexibility index (Phi) is 5.27. The summed E-state index contributed by atoms with van der Waals surface area (Å²) in [4.78, 5) is 34.3. The van der Waals surface area contributed by atoms with Gasteiger partial charge >= 0.3 is 5.97 Å². The molecular weight excluding hydrogens is 350 g/mol. The number of ether oxygens (including phenoxy) is 1. The van der Waals surface area contributed by atoms with Gasteiger partial charge in [-0.05, 0) is 43.5 Å². The first-order valence-electron chi connectivity index (χ1n) is 8.14. The number of fused-ring (bicyclic) bond motifs is 1. The number of methoxy groups -OCH3 is 1. The van der Waals surface area contributed by atoms with Crippen molar-refractivity contribution in [1.82, 2.24) is 15.3 Å². The lowest BCUT2D eigenvalue weighted by atomic mass is 10.1. The van der Waals surface area contributed by atoms with Gasteiger partial charge in [-0.1, -0.05) is 6.07 Å². The highest BCUT2D eigenvalue weighted by Crippen LogP contribution is 2.23. The fourth-order valence-electron chi connectivity index (χ4n) is 2.58. The summed E-state index contributed by atoms with van der Waals surface area (Å²) in [6.07, 6.45) is 0.0778. The summed E-state index contributed by atoms with van der Waals surface area (Å²) < 4.78 is 4.74. The molecule has 1 N–H and O–H groups in total. The number of aromatic nitrogens is 2. The minimum atomic E-state index is -0.434. The molecule has 0 aliphatic rings. The summed E-state index contributed by atoms with van der Waals surface area (Å²) in [5.41, 5.74) is 3.58. The first kappa shape index (κ1) is 18.0. The van der Waals surface area contributed by atoms with Gasteiger partial charge < -0.3 is 10.1 Å². The zero-order chi connectivity index (χ0) is 18.7. The second-order valence-electron chi connectivity index (χ2n) is 5.92. The summed E-state index contributed by atoms with van der Waals surface area (Å²) in [6.45, 7) is 3.79. The Bertz CT molecular complexity index is 954. The number of hydrogen-bond acceptors (Lipinski definition) is 6. The summed E-state index contributed by atoms with van der Waals surface area (Å²) in [7, 11) is 1.34. The Morgan fingerprint density at radius 2 is 1.88 bits per heavy atom. The van der Waals surface area contributed by atoms with E-state index in [-0.39, 0.29) is 18.3 Å². The van der Waals surface area contributed by atoms with E-state index >= 15 is 0 Å². The van der Waals surface area contributed by atoms with Gasteiger partial charge in [-0.15, -0.1) is 11.3 Å². The molecule has 0 radical (unpaired) electrons. The highest BCUT2D eigenvalue weighted by atomic mass is 32.1. The molecule has 134 valence electrons. The van der Waals surface area contributed by atoms with Crippen molar-refractivity contribution in [2.45, 2.75) is 26.3 Å². The first-order chi connectivity index (χ1) is 12.5. The number of benzene rings is 1. The minimum Gasteiger partial charge on any atom is -0.469 e. The van der Waals surface area contributed by atoms with Crippen LogP contribution >= 0.6 is 11.3 Å². The number of nitrogens with zero attached hydrogens (tertiary/aromatic N) is 2. The number of aryl methyl sites for hydroxylation is 2. The molecule has 3 aromatic rings. The van der Waals surface area contributed by atoms with Gasteiger partial charge in [0.15, 0.2) is 0 Å². The number of hydrogen-bond donors (Lipinski definition) is 1. The topological polar surface area (TPSA) is 81.2 Å². The van der Waals surface area contributed by atoms with Crippen molar-refractivity contribution in [3.63, 3.8) is 0 Å². The molecule has 7 heteroatoms. The van der Waals surface area contributed by atoms with Crippen molar-refractivity contribution >= 4 is 34.2 Å². The number of thiophene rings is 1. The van der Waals surface area contributed by atoms with E-state index in [2.05, 4.69) is 15.3 Å². The molecule has 0 aliphatic heterocycles. The van der Waals surface area contributed by atoms with Gasteiger partial charge in [-0.3, -0.25) is 9.59 Å². The van der Waals surface area contributed by atoms with Crippen molar-refractivity contribution in [2.24, 2.45) is 0 Å². The Morgan fingerprint density at radius 1 is 1.15 bits per heavy atom. The van der Waals surface area contributed by atoms with Crippen molar-refractivity contribution in [1.29, 1.82) is 0 Å². The predicted molar refractivity (Wildman–Crippen MR) is 100 cm³/mol. The third kappa shape index (κ3) is 3.88. The fourth-order valence-corrected chi connectivity index (χ4v) is 3.35. The van der Waals surface area contributed by atoms with Crippen LogP contribution in [0.1, 0.15) is 39.1 Å². The van der Waals surface area contributed by atoms with Gasteiger partial charge in [0, 0.05) is 10.4 Å². The summed E-state index contributed by atoms with van der Waals surface area (Å²) >= 11 is 1.48. The van der Waals surface area contributed by atoms with Gasteiger partial charge in [0.05, 0.1) is 42.0 Å². The molecule has 3 rings (SSSR count).